The molecule has 1 aromatic carbocycles. The second-order valence-corrected chi connectivity index (χ2v) is 6.89. The summed E-state index contributed by atoms with van der Waals surface area (Å²) in [5, 5.41) is 7.00. The number of thiocarbonyl (C=S) groups is 1. The van der Waals surface area contributed by atoms with E-state index in [1.54, 1.807) is 17.8 Å². The van der Waals surface area contributed by atoms with E-state index >= 15 is 0 Å². The van der Waals surface area contributed by atoms with Crippen molar-refractivity contribution < 1.29 is 14.3 Å². The molecule has 0 fully saturated rings. The summed E-state index contributed by atoms with van der Waals surface area (Å²) in [6.45, 7) is 5.99. The van der Waals surface area contributed by atoms with Gasteiger partial charge in [-0.05, 0) is 48.4 Å². The normalized spacial score (nSPS) is 10.0. The van der Waals surface area contributed by atoms with Gasteiger partial charge in [0.2, 0.25) is 5.91 Å². The summed E-state index contributed by atoms with van der Waals surface area (Å²) >= 11 is 6.60. The number of hydrogen-bond donors (Lipinski definition) is 2. The SMILES string of the molecule is CC/C(=C/c1cccc(F)c1)SC(C)=S.CCCCC(N)=O.CO. The Balaban J connectivity index is 0. The third-order valence-corrected chi connectivity index (χ3v) is 3.78. The first-order valence-corrected chi connectivity index (χ1v) is 8.99. The lowest BCUT2D eigenvalue weighted by Crippen LogP contribution is -2.09. The monoisotopic (exact) mass is 373 g/mol. The number of nitrogens with two attached hydrogens (primary N) is 1. The van der Waals surface area contributed by atoms with Gasteiger partial charge in [0, 0.05) is 17.7 Å². The first-order valence-electron chi connectivity index (χ1n) is 7.76. The molecule has 3 N–H and O–H groups in total. The van der Waals surface area contributed by atoms with Crippen LogP contribution in [0, 0.1) is 5.82 Å². The third-order valence-electron chi connectivity index (χ3n) is 2.58. The van der Waals surface area contributed by atoms with E-state index in [1.165, 1.54) is 12.1 Å². The molecule has 0 saturated carbocycles. The van der Waals surface area contributed by atoms with Crippen LogP contribution >= 0.6 is 24.0 Å². The van der Waals surface area contributed by atoms with Crippen LogP contribution in [0.25, 0.3) is 6.08 Å². The molecule has 1 amide bonds. The highest BCUT2D eigenvalue weighted by molar-refractivity contribution is 8.25. The number of carbonyl (C=O) groups excluding carboxylic acids is 1. The molecule has 0 heterocycles. The van der Waals surface area contributed by atoms with Gasteiger partial charge in [0.15, 0.2) is 0 Å². The van der Waals surface area contributed by atoms with E-state index in [0.717, 1.165) is 41.0 Å². The lowest BCUT2D eigenvalue weighted by molar-refractivity contribution is -0.118. The van der Waals surface area contributed by atoms with Crippen LogP contribution in [0.5, 0.6) is 0 Å². The van der Waals surface area contributed by atoms with Crippen molar-refractivity contribution in [3.05, 3.63) is 40.6 Å². The maximum Gasteiger partial charge on any atom is 0.217 e. The molecule has 0 aliphatic rings. The Morgan fingerprint density at radius 3 is 2.38 bits per heavy atom. The van der Waals surface area contributed by atoms with Crippen molar-refractivity contribution in [2.45, 2.75) is 46.5 Å². The molecule has 0 unspecified atom stereocenters. The number of benzene rings is 1. The number of rotatable bonds is 6. The Morgan fingerprint density at radius 2 is 2.00 bits per heavy atom. The van der Waals surface area contributed by atoms with Crippen molar-refractivity contribution in [1.82, 2.24) is 0 Å². The molecule has 0 aromatic heterocycles. The van der Waals surface area contributed by atoms with Crippen LogP contribution in [0.3, 0.4) is 0 Å². The second-order valence-electron chi connectivity index (χ2n) is 4.68. The Bertz CT molecular complexity index is 519. The summed E-state index contributed by atoms with van der Waals surface area (Å²) < 4.78 is 13.8. The number of aliphatic hydroxyl groups excluding tert-OH is 1. The average Bonchev–Trinajstić information content (AvgIpc) is 2.54. The van der Waals surface area contributed by atoms with E-state index < -0.39 is 0 Å². The first-order chi connectivity index (χ1) is 11.4. The molecule has 3 nitrogen and oxygen atoms in total. The summed E-state index contributed by atoms with van der Waals surface area (Å²) in [5.41, 5.74) is 5.72. The van der Waals surface area contributed by atoms with Crippen LogP contribution in [0.4, 0.5) is 4.39 Å². The Morgan fingerprint density at radius 1 is 1.38 bits per heavy atom. The van der Waals surface area contributed by atoms with Crippen molar-refractivity contribution in [3.8, 4) is 0 Å². The predicted octanol–water partition coefficient (Wildman–Crippen LogP) is 4.93. The van der Waals surface area contributed by atoms with Crippen molar-refractivity contribution in [2.75, 3.05) is 7.11 Å². The highest BCUT2D eigenvalue weighted by atomic mass is 32.2. The number of amides is 1. The zero-order chi connectivity index (χ0) is 19.0. The minimum absolute atomic E-state index is 0.193. The van der Waals surface area contributed by atoms with Gasteiger partial charge in [-0.25, -0.2) is 4.39 Å². The Labute approximate surface area is 154 Å². The van der Waals surface area contributed by atoms with E-state index in [4.69, 9.17) is 23.1 Å². The molecule has 0 aliphatic heterocycles. The van der Waals surface area contributed by atoms with Gasteiger partial charge in [-0.3, -0.25) is 4.79 Å². The minimum Gasteiger partial charge on any atom is -0.400 e. The molecule has 1 rings (SSSR count). The zero-order valence-corrected chi connectivity index (χ0v) is 16.5. The van der Waals surface area contributed by atoms with Gasteiger partial charge in [-0.2, -0.15) is 0 Å². The zero-order valence-electron chi connectivity index (χ0n) is 14.8. The number of unbranched alkanes of at least 4 members (excludes halogenated alkanes) is 1. The molecule has 24 heavy (non-hydrogen) atoms. The lowest BCUT2D eigenvalue weighted by Gasteiger charge is -2.02. The molecule has 0 radical (unpaired) electrons. The molecule has 0 aliphatic carbocycles. The standard InChI is InChI=1S/C12H13FS2.C5H11NO.CH4O/c1-3-12(15-9(2)14)8-10-5-4-6-11(13)7-10;1-2-3-4-5(6)7;1-2/h4-8H,3H2,1-2H3;2-4H2,1H3,(H2,6,7);2H,1H3/b12-8-;;. The van der Waals surface area contributed by atoms with E-state index in [2.05, 4.69) is 6.92 Å². The summed E-state index contributed by atoms with van der Waals surface area (Å²) in [7, 11) is 1.00. The van der Waals surface area contributed by atoms with Gasteiger partial charge in [0.25, 0.3) is 0 Å². The van der Waals surface area contributed by atoms with E-state index in [9.17, 15) is 9.18 Å². The molecule has 0 bridgehead atoms. The van der Waals surface area contributed by atoms with E-state index in [-0.39, 0.29) is 11.7 Å². The molecule has 0 saturated heterocycles. The van der Waals surface area contributed by atoms with Crippen LogP contribution in [0.15, 0.2) is 29.2 Å². The quantitative estimate of drug-likeness (QED) is 0.694. The van der Waals surface area contributed by atoms with Gasteiger partial charge >= 0.3 is 0 Å². The number of allylic oxidation sites excluding steroid dienone is 1. The largest absolute Gasteiger partial charge is 0.400 e. The Hall–Kier alpha value is -1.24. The van der Waals surface area contributed by atoms with Crippen molar-refractivity contribution in [2.24, 2.45) is 5.73 Å². The summed E-state index contributed by atoms with van der Waals surface area (Å²) in [5.74, 6) is -0.398. The fraction of sp³-hybridized carbons (Fsp3) is 0.444. The smallest absolute Gasteiger partial charge is 0.217 e. The van der Waals surface area contributed by atoms with Crippen molar-refractivity contribution >= 4 is 40.2 Å². The first kappa shape index (κ1) is 25.0. The van der Waals surface area contributed by atoms with Crippen molar-refractivity contribution in [3.63, 3.8) is 0 Å². The summed E-state index contributed by atoms with van der Waals surface area (Å²) in [6, 6.07) is 6.57. The highest BCUT2D eigenvalue weighted by Gasteiger charge is 1.98. The molecule has 136 valence electrons. The fourth-order valence-corrected chi connectivity index (χ4v) is 2.55. The second kappa shape index (κ2) is 16.6. The van der Waals surface area contributed by atoms with Gasteiger partial charge < -0.3 is 10.8 Å². The molecule has 0 spiro atoms. The average molecular weight is 374 g/mol. The molecule has 6 heteroatoms. The maximum atomic E-state index is 12.9. The number of hydrogen-bond acceptors (Lipinski definition) is 4. The number of aliphatic hydroxyl groups is 1. The number of halogens is 1. The fourth-order valence-electron chi connectivity index (χ4n) is 1.52. The van der Waals surface area contributed by atoms with Gasteiger partial charge in [0.1, 0.15) is 5.82 Å². The van der Waals surface area contributed by atoms with Crippen LogP contribution in [-0.4, -0.2) is 22.3 Å². The van der Waals surface area contributed by atoms with Crippen LogP contribution in [0.2, 0.25) is 0 Å². The summed E-state index contributed by atoms with van der Waals surface area (Å²) in [6.07, 6.45) is 5.40. The topological polar surface area (TPSA) is 63.3 Å². The number of primary amides is 1. The maximum absolute atomic E-state index is 12.9. The molecule has 0 atom stereocenters. The predicted molar refractivity (Wildman–Crippen MR) is 107 cm³/mol. The molecular formula is C18H28FNO2S2. The van der Waals surface area contributed by atoms with E-state index in [1.807, 2.05) is 26.0 Å². The molecular weight excluding hydrogens is 345 g/mol. The molecule has 1 aromatic rings. The van der Waals surface area contributed by atoms with Gasteiger partial charge in [0.05, 0.1) is 0 Å². The third kappa shape index (κ3) is 15.6. The van der Waals surface area contributed by atoms with Crippen molar-refractivity contribution in [1.29, 1.82) is 0 Å². The lowest BCUT2D eigenvalue weighted by atomic mass is 10.2. The highest BCUT2D eigenvalue weighted by Crippen LogP contribution is 2.23. The number of thioether (sulfide) groups is 1. The summed E-state index contributed by atoms with van der Waals surface area (Å²) in [4.78, 5) is 11.1. The van der Waals surface area contributed by atoms with Crippen LogP contribution in [-0.2, 0) is 4.79 Å². The van der Waals surface area contributed by atoms with E-state index in [0.29, 0.717) is 6.42 Å². The van der Waals surface area contributed by atoms with Gasteiger partial charge in [-0.15, -0.1) is 0 Å². The minimum atomic E-state index is -0.205. The Kier molecular flexibility index (Phi) is 17.3. The number of carbonyl (C=O) groups is 1. The van der Waals surface area contributed by atoms with Crippen LogP contribution < -0.4 is 5.73 Å². The van der Waals surface area contributed by atoms with Gasteiger partial charge in [-0.1, -0.05) is 56.4 Å². The van der Waals surface area contributed by atoms with Crippen LogP contribution in [0.1, 0.15) is 52.0 Å².